The Bertz CT molecular complexity index is 432. The number of hydrogen-bond donors (Lipinski definition) is 1. The highest BCUT2D eigenvalue weighted by atomic mass is 32.1. The van der Waals surface area contributed by atoms with Gasteiger partial charge < -0.3 is 10.6 Å². The van der Waals surface area contributed by atoms with Gasteiger partial charge in [0.05, 0.1) is 4.99 Å². The first-order valence-electron chi connectivity index (χ1n) is 7.04. The fraction of sp³-hybridized carbons (Fsp3) is 0.533. The molecular formula is C15H23N3OS. The molecule has 4 nitrogen and oxygen atoms in total. The van der Waals surface area contributed by atoms with Gasteiger partial charge in [-0.05, 0) is 24.5 Å². The third kappa shape index (κ3) is 5.25. The van der Waals surface area contributed by atoms with Gasteiger partial charge in [0.25, 0.3) is 0 Å². The summed E-state index contributed by atoms with van der Waals surface area (Å²) >= 11 is 4.92. The van der Waals surface area contributed by atoms with E-state index in [1.807, 2.05) is 30.9 Å². The lowest BCUT2D eigenvalue weighted by molar-refractivity contribution is -0.136. The number of aromatic nitrogens is 1. The number of rotatable bonds is 8. The van der Waals surface area contributed by atoms with E-state index in [1.54, 1.807) is 12.4 Å². The summed E-state index contributed by atoms with van der Waals surface area (Å²) in [5.41, 5.74) is 6.58. The van der Waals surface area contributed by atoms with Gasteiger partial charge in [-0.3, -0.25) is 9.78 Å². The molecule has 0 aliphatic carbocycles. The Hall–Kier alpha value is -1.49. The molecule has 0 radical (unpaired) electrons. The number of amides is 1. The van der Waals surface area contributed by atoms with E-state index in [1.165, 1.54) is 0 Å². The van der Waals surface area contributed by atoms with Gasteiger partial charge in [0.15, 0.2) is 0 Å². The lowest BCUT2D eigenvalue weighted by Crippen LogP contribution is -2.37. The molecule has 1 amide bonds. The van der Waals surface area contributed by atoms with E-state index < -0.39 is 0 Å². The maximum Gasteiger partial charge on any atom is 0.225 e. The summed E-state index contributed by atoms with van der Waals surface area (Å²) in [5.74, 6) is 0.244. The number of thiocarbonyl (C=S) groups is 1. The summed E-state index contributed by atoms with van der Waals surface area (Å²) in [7, 11) is 0. The van der Waals surface area contributed by atoms with Gasteiger partial charge in [0.2, 0.25) is 5.91 Å². The second-order valence-corrected chi connectivity index (χ2v) is 5.38. The fourth-order valence-corrected chi connectivity index (χ4v) is 2.21. The van der Waals surface area contributed by atoms with Gasteiger partial charge in [-0.25, -0.2) is 0 Å². The minimum atomic E-state index is 0.0676. The number of carbonyl (C=O) groups is 1. The largest absolute Gasteiger partial charge is 0.393 e. The predicted molar refractivity (Wildman–Crippen MR) is 85.1 cm³/mol. The van der Waals surface area contributed by atoms with Crippen molar-refractivity contribution in [1.82, 2.24) is 9.88 Å². The third-order valence-electron chi connectivity index (χ3n) is 3.37. The van der Waals surface area contributed by atoms with Crippen LogP contribution in [0.4, 0.5) is 0 Å². The molecule has 0 saturated carbocycles. The van der Waals surface area contributed by atoms with Gasteiger partial charge in [0.1, 0.15) is 0 Å². The number of carbonyl (C=O) groups excluding carboxylic acids is 1. The Kier molecular flexibility index (Phi) is 7.15. The highest BCUT2D eigenvalue weighted by molar-refractivity contribution is 7.80. The van der Waals surface area contributed by atoms with Crippen molar-refractivity contribution in [3.63, 3.8) is 0 Å². The molecule has 0 spiro atoms. The molecule has 0 saturated heterocycles. The normalized spacial score (nSPS) is 10.6. The van der Waals surface area contributed by atoms with Crippen LogP contribution in [0.25, 0.3) is 0 Å². The van der Waals surface area contributed by atoms with Crippen LogP contribution in [0.1, 0.15) is 38.7 Å². The highest BCUT2D eigenvalue weighted by Gasteiger charge is 2.21. The Morgan fingerprint density at radius 1 is 1.45 bits per heavy atom. The molecule has 5 heteroatoms. The van der Waals surface area contributed by atoms with E-state index >= 15 is 0 Å². The summed E-state index contributed by atoms with van der Waals surface area (Å²) < 4.78 is 0. The number of pyridine rings is 1. The van der Waals surface area contributed by atoms with Crippen molar-refractivity contribution in [3.8, 4) is 0 Å². The van der Waals surface area contributed by atoms with Crippen LogP contribution in [0.2, 0.25) is 0 Å². The second-order valence-electron chi connectivity index (χ2n) is 4.85. The third-order valence-corrected chi connectivity index (χ3v) is 3.57. The maximum atomic E-state index is 12.5. The Balaban J connectivity index is 2.78. The lowest BCUT2D eigenvalue weighted by Gasteiger charge is -2.26. The average Bonchev–Trinajstić information content (AvgIpc) is 2.45. The molecule has 1 heterocycles. The number of nitrogens with zero attached hydrogens (tertiary/aromatic N) is 2. The van der Waals surface area contributed by atoms with E-state index in [0.29, 0.717) is 24.5 Å². The summed E-state index contributed by atoms with van der Waals surface area (Å²) in [6, 6.07) is 3.85. The Morgan fingerprint density at radius 3 is 2.65 bits per heavy atom. The molecule has 1 aromatic heterocycles. The van der Waals surface area contributed by atoms with E-state index in [0.717, 1.165) is 18.4 Å². The summed E-state index contributed by atoms with van der Waals surface area (Å²) in [5, 5.41) is 0. The summed E-state index contributed by atoms with van der Waals surface area (Å²) in [6.45, 7) is 5.22. The monoisotopic (exact) mass is 293 g/mol. The first kappa shape index (κ1) is 16.6. The number of nitrogens with two attached hydrogens (primary N) is 1. The van der Waals surface area contributed by atoms with Gasteiger partial charge in [-0.15, -0.1) is 0 Å². The van der Waals surface area contributed by atoms with Crippen LogP contribution < -0.4 is 5.73 Å². The molecule has 0 aromatic carbocycles. The van der Waals surface area contributed by atoms with E-state index in [-0.39, 0.29) is 11.8 Å². The minimum Gasteiger partial charge on any atom is -0.393 e. The molecule has 2 N–H and O–H groups in total. The van der Waals surface area contributed by atoms with E-state index in [2.05, 4.69) is 4.98 Å². The van der Waals surface area contributed by atoms with Gasteiger partial charge in [-0.1, -0.05) is 32.1 Å². The predicted octanol–water partition coefficient (Wildman–Crippen LogP) is 2.52. The average molecular weight is 293 g/mol. The summed E-state index contributed by atoms with van der Waals surface area (Å²) in [4.78, 5) is 18.9. The van der Waals surface area contributed by atoms with Gasteiger partial charge in [-0.2, -0.15) is 0 Å². The SMILES string of the molecule is CCC(CC)C(=O)N(CCC(N)=S)Cc1cccnc1. The van der Waals surface area contributed by atoms with Crippen molar-refractivity contribution >= 4 is 23.1 Å². The standard InChI is InChI=1S/C15H23N3OS/c1-3-13(4-2)15(19)18(9-7-14(16)20)11-12-6-5-8-17-10-12/h5-6,8,10,13H,3-4,7,9,11H2,1-2H3,(H2,16,20). The zero-order chi connectivity index (χ0) is 15.0. The van der Waals surface area contributed by atoms with Crippen LogP contribution in [-0.2, 0) is 11.3 Å². The van der Waals surface area contributed by atoms with Crippen molar-refractivity contribution in [2.24, 2.45) is 11.7 Å². The second kappa shape index (κ2) is 8.64. The van der Waals surface area contributed by atoms with E-state index in [9.17, 15) is 4.79 Å². The topological polar surface area (TPSA) is 59.2 Å². The Morgan fingerprint density at radius 2 is 2.15 bits per heavy atom. The van der Waals surface area contributed by atoms with Crippen LogP contribution in [0, 0.1) is 5.92 Å². The van der Waals surface area contributed by atoms with Crippen LogP contribution >= 0.6 is 12.2 Å². The van der Waals surface area contributed by atoms with Crippen LogP contribution in [0.3, 0.4) is 0 Å². The zero-order valence-electron chi connectivity index (χ0n) is 12.2. The quantitative estimate of drug-likeness (QED) is 0.748. The molecule has 0 bridgehead atoms. The number of hydrogen-bond acceptors (Lipinski definition) is 3. The first-order valence-corrected chi connectivity index (χ1v) is 7.45. The van der Waals surface area contributed by atoms with Crippen molar-refractivity contribution in [2.75, 3.05) is 6.54 Å². The molecule has 0 atom stereocenters. The maximum absolute atomic E-state index is 12.5. The first-order chi connectivity index (χ1) is 9.58. The van der Waals surface area contributed by atoms with Crippen LogP contribution in [0.15, 0.2) is 24.5 Å². The molecular weight excluding hydrogens is 270 g/mol. The molecule has 0 aliphatic heterocycles. The fourth-order valence-electron chi connectivity index (χ4n) is 2.12. The molecule has 0 aliphatic rings. The zero-order valence-corrected chi connectivity index (χ0v) is 13.0. The van der Waals surface area contributed by atoms with Gasteiger partial charge >= 0.3 is 0 Å². The molecule has 0 unspecified atom stereocenters. The van der Waals surface area contributed by atoms with Crippen LogP contribution in [-0.4, -0.2) is 27.3 Å². The van der Waals surface area contributed by atoms with Crippen LogP contribution in [0.5, 0.6) is 0 Å². The lowest BCUT2D eigenvalue weighted by atomic mass is 10.0. The molecule has 110 valence electrons. The van der Waals surface area contributed by atoms with E-state index in [4.69, 9.17) is 18.0 Å². The summed E-state index contributed by atoms with van der Waals surface area (Å²) in [6.07, 6.45) is 5.78. The van der Waals surface area contributed by atoms with Crippen molar-refractivity contribution in [1.29, 1.82) is 0 Å². The molecule has 20 heavy (non-hydrogen) atoms. The molecule has 1 rings (SSSR count). The van der Waals surface area contributed by atoms with Crippen molar-refractivity contribution in [2.45, 2.75) is 39.7 Å². The Labute approximate surface area is 126 Å². The molecule has 0 fully saturated rings. The molecule has 1 aromatic rings. The smallest absolute Gasteiger partial charge is 0.225 e. The van der Waals surface area contributed by atoms with Gasteiger partial charge in [0, 0.05) is 37.8 Å². The highest BCUT2D eigenvalue weighted by Crippen LogP contribution is 2.15. The van der Waals surface area contributed by atoms with Crippen molar-refractivity contribution < 1.29 is 4.79 Å². The van der Waals surface area contributed by atoms with Crippen molar-refractivity contribution in [3.05, 3.63) is 30.1 Å². The minimum absolute atomic E-state index is 0.0676.